The number of nitrogens with one attached hydrogen (secondary N) is 1. The van der Waals surface area contributed by atoms with Crippen LogP contribution in [0.3, 0.4) is 0 Å². The molecule has 1 aliphatic rings. The Kier molecular flexibility index (Phi) is 7.65. The minimum atomic E-state index is -0.924. The normalized spacial score (nSPS) is 12.0. The first-order valence-electron chi connectivity index (χ1n) is 10.5. The smallest absolute Gasteiger partial charge is 0.407 e. The molecular formula is C24H28N2O5. The van der Waals surface area contributed by atoms with Gasteiger partial charge in [-0.05, 0) is 35.1 Å². The van der Waals surface area contributed by atoms with E-state index in [1.807, 2.05) is 24.3 Å². The first-order valence-corrected chi connectivity index (χ1v) is 10.5. The highest BCUT2D eigenvalue weighted by Gasteiger charge is 2.28. The minimum Gasteiger partial charge on any atom is -0.481 e. The van der Waals surface area contributed by atoms with E-state index in [0.717, 1.165) is 0 Å². The summed E-state index contributed by atoms with van der Waals surface area (Å²) in [6.45, 7) is 0.891. The second-order valence-corrected chi connectivity index (χ2v) is 7.67. The van der Waals surface area contributed by atoms with Crippen molar-refractivity contribution in [3.8, 4) is 11.1 Å². The van der Waals surface area contributed by atoms with Gasteiger partial charge in [-0.2, -0.15) is 0 Å². The van der Waals surface area contributed by atoms with Crippen LogP contribution in [0.1, 0.15) is 42.7 Å². The van der Waals surface area contributed by atoms with Gasteiger partial charge in [0, 0.05) is 32.5 Å². The van der Waals surface area contributed by atoms with E-state index in [1.54, 1.807) is 7.05 Å². The Hall–Kier alpha value is -3.35. The van der Waals surface area contributed by atoms with Crippen LogP contribution in [-0.4, -0.2) is 54.7 Å². The molecule has 0 bridgehead atoms. The number of hydrogen-bond donors (Lipinski definition) is 2. The number of nitrogens with zero attached hydrogens (tertiary/aromatic N) is 1. The molecule has 1 aliphatic carbocycles. The van der Waals surface area contributed by atoms with E-state index in [4.69, 9.17) is 9.84 Å². The number of carbonyl (C=O) groups is 3. The van der Waals surface area contributed by atoms with Gasteiger partial charge in [0.2, 0.25) is 5.91 Å². The maximum Gasteiger partial charge on any atom is 0.407 e. The fraction of sp³-hybridized carbons (Fsp3) is 0.375. The third-order valence-corrected chi connectivity index (χ3v) is 5.52. The van der Waals surface area contributed by atoms with Gasteiger partial charge in [-0.3, -0.25) is 9.59 Å². The molecule has 2 aromatic rings. The third-order valence-electron chi connectivity index (χ3n) is 5.52. The fourth-order valence-corrected chi connectivity index (χ4v) is 3.82. The van der Waals surface area contributed by atoms with Gasteiger partial charge in [0.15, 0.2) is 0 Å². The highest BCUT2D eigenvalue weighted by molar-refractivity contribution is 5.79. The van der Waals surface area contributed by atoms with Gasteiger partial charge in [0.05, 0.1) is 6.42 Å². The average Bonchev–Trinajstić information content (AvgIpc) is 3.09. The van der Waals surface area contributed by atoms with Crippen LogP contribution in [-0.2, 0) is 14.3 Å². The number of hydrogen-bond acceptors (Lipinski definition) is 4. The number of carboxylic acids is 1. The molecule has 0 unspecified atom stereocenters. The first-order chi connectivity index (χ1) is 15.0. The largest absolute Gasteiger partial charge is 0.481 e. The van der Waals surface area contributed by atoms with Crippen LogP contribution in [0.5, 0.6) is 0 Å². The number of fused-ring (bicyclic) bond motifs is 3. The maximum absolute atomic E-state index is 12.1. The zero-order chi connectivity index (χ0) is 22.2. The molecule has 0 heterocycles. The van der Waals surface area contributed by atoms with Crippen LogP contribution < -0.4 is 5.32 Å². The van der Waals surface area contributed by atoms with Crippen LogP contribution in [0.25, 0.3) is 11.1 Å². The quantitative estimate of drug-likeness (QED) is 0.568. The number of carbonyl (C=O) groups excluding carboxylic acids is 2. The lowest BCUT2D eigenvalue weighted by atomic mass is 9.98. The average molecular weight is 424 g/mol. The lowest BCUT2D eigenvalue weighted by Gasteiger charge is -2.16. The lowest BCUT2D eigenvalue weighted by Crippen LogP contribution is -2.29. The number of rotatable bonds is 10. The second-order valence-electron chi connectivity index (χ2n) is 7.67. The highest BCUT2D eigenvalue weighted by Crippen LogP contribution is 2.44. The fourth-order valence-electron chi connectivity index (χ4n) is 3.82. The molecule has 0 atom stereocenters. The van der Waals surface area contributed by atoms with E-state index >= 15 is 0 Å². The van der Waals surface area contributed by atoms with Gasteiger partial charge in [0.25, 0.3) is 0 Å². The summed E-state index contributed by atoms with van der Waals surface area (Å²) in [5.41, 5.74) is 4.71. The molecule has 3 rings (SSSR count). The van der Waals surface area contributed by atoms with Crippen molar-refractivity contribution in [2.45, 2.75) is 31.6 Å². The molecule has 0 radical (unpaired) electrons. The first kappa shape index (κ1) is 22.3. The van der Waals surface area contributed by atoms with E-state index in [9.17, 15) is 14.4 Å². The molecule has 2 N–H and O–H groups in total. The predicted molar refractivity (Wildman–Crippen MR) is 117 cm³/mol. The molecule has 2 aromatic carbocycles. The zero-order valence-electron chi connectivity index (χ0n) is 17.7. The van der Waals surface area contributed by atoms with Crippen molar-refractivity contribution in [2.24, 2.45) is 0 Å². The van der Waals surface area contributed by atoms with Crippen molar-refractivity contribution in [1.82, 2.24) is 10.2 Å². The Bertz CT molecular complexity index is 898. The Morgan fingerprint density at radius 3 is 2.19 bits per heavy atom. The lowest BCUT2D eigenvalue weighted by molar-refractivity contribution is -0.138. The summed E-state index contributed by atoms with van der Waals surface area (Å²) in [6, 6.07) is 16.4. The van der Waals surface area contributed by atoms with Crippen molar-refractivity contribution in [1.29, 1.82) is 0 Å². The van der Waals surface area contributed by atoms with Gasteiger partial charge >= 0.3 is 12.1 Å². The van der Waals surface area contributed by atoms with E-state index in [0.29, 0.717) is 25.8 Å². The Labute approximate surface area is 182 Å². The van der Waals surface area contributed by atoms with E-state index in [2.05, 4.69) is 29.6 Å². The number of benzene rings is 2. The summed E-state index contributed by atoms with van der Waals surface area (Å²) in [7, 11) is 1.60. The van der Waals surface area contributed by atoms with Gasteiger partial charge in [-0.1, -0.05) is 48.5 Å². The number of ether oxygens (including phenoxy) is 1. The summed E-state index contributed by atoms with van der Waals surface area (Å²) >= 11 is 0. The Morgan fingerprint density at radius 2 is 1.58 bits per heavy atom. The molecule has 7 heteroatoms. The van der Waals surface area contributed by atoms with Gasteiger partial charge in [-0.15, -0.1) is 0 Å². The Balaban J connectivity index is 1.38. The molecule has 2 amide bonds. The molecule has 0 spiro atoms. The van der Waals surface area contributed by atoms with Gasteiger partial charge < -0.3 is 20.1 Å². The van der Waals surface area contributed by atoms with Crippen LogP contribution in [0.15, 0.2) is 48.5 Å². The predicted octanol–water partition coefficient (Wildman–Crippen LogP) is 3.63. The van der Waals surface area contributed by atoms with E-state index < -0.39 is 12.1 Å². The van der Waals surface area contributed by atoms with E-state index in [-0.39, 0.29) is 31.4 Å². The molecule has 0 fully saturated rings. The standard InChI is InChI=1S/C24H28N2O5/c1-26(15-13-23(28)29)22(27)12-6-7-14-25-24(30)31-16-21-19-10-4-2-8-17(19)18-9-3-5-11-20(18)21/h2-5,8-11,21H,6-7,12-16H2,1H3,(H,25,30)(H,28,29). The van der Waals surface area contributed by atoms with Crippen LogP contribution in [0.2, 0.25) is 0 Å². The highest BCUT2D eigenvalue weighted by atomic mass is 16.5. The summed E-state index contributed by atoms with van der Waals surface area (Å²) in [4.78, 5) is 36.0. The zero-order valence-corrected chi connectivity index (χ0v) is 17.7. The molecular weight excluding hydrogens is 396 g/mol. The van der Waals surface area contributed by atoms with E-state index in [1.165, 1.54) is 27.2 Å². The molecule has 164 valence electrons. The van der Waals surface area contributed by atoms with Crippen LogP contribution in [0, 0.1) is 0 Å². The van der Waals surface area contributed by atoms with Crippen molar-refractivity contribution in [3.05, 3.63) is 59.7 Å². The summed E-state index contributed by atoms with van der Waals surface area (Å²) < 4.78 is 5.48. The van der Waals surface area contributed by atoms with Crippen LogP contribution in [0.4, 0.5) is 4.79 Å². The summed E-state index contributed by atoms with van der Waals surface area (Å²) in [5, 5.41) is 11.4. The third kappa shape index (κ3) is 5.84. The second kappa shape index (κ2) is 10.6. The topological polar surface area (TPSA) is 95.9 Å². The monoisotopic (exact) mass is 424 g/mol. The molecule has 7 nitrogen and oxygen atoms in total. The van der Waals surface area contributed by atoms with Crippen molar-refractivity contribution < 1.29 is 24.2 Å². The number of amides is 2. The molecule has 0 aromatic heterocycles. The molecule has 0 saturated heterocycles. The van der Waals surface area contributed by atoms with Gasteiger partial charge in [0.1, 0.15) is 6.61 Å². The van der Waals surface area contributed by atoms with Crippen molar-refractivity contribution >= 4 is 18.0 Å². The molecule has 0 aliphatic heterocycles. The Morgan fingerprint density at radius 1 is 0.968 bits per heavy atom. The van der Waals surface area contributed by atoms with Crippen molar-refractivity contribution in [2.75, 3.05) is 26.7 Å². The number of carboxylic acid groups (broad SMARTS) is 1. The van der Waals surface area contributed by atoms with Gasteiger partial charge in [-0.25, -0.2) is 4.79 Å². The maximum atomic E-state index is 12.1. The number of aliphatic carboxylic acids is 1. The SMILES string of the molecule is CN(CCC(=O)O)C(=O)CCCCNC(=O)OCC1c2ccccc2-c2ccccc21. The minimum absolute atomic E-state index is 0.0251. The summed E-state index contributed by atoms with van der Waals surface area (Å²) in [5.74, 6) is -0.994. The summed E-state index contributed by atoms with van der Waals surface area (Å²) in [6.07, 6.45) is 1.04. The number of alkyl carbamates (subject to hydrolysis) is 1. The molecule has 0 saturated carbocycles. The number of unbranched alkanes of at least 4 members (excludes halogenated alkanes) is 1. The molecule has 31 heavy (non-hydrogen) atoms. The van der Waals surface area contributed by atoms with Crippen molar-refractivity contribution in [3.63, 3.8) is 0 Å². The van der Waals surface area contributed by atoms with Crippen LogP contribution >= 0.6 is 0 Å².